The number of carbonyl (C=O) groups is 2. The van der Waals surface area contributed by atoms with Gasteiger partial charge in [0.15, 0.2) is 23.1 Å². The van der Waals surface area contributed by atoms with Crippen LogP contribution in [0, 0.1) is 0 Å². The van der Waals surface area contributed by atoms with Crippen LogP contribution in [0.2, 0.25) is 0 Å². The number of phenolic OH excluding ortho intramolecular Hbond substituents is 2. The normalized spacial score (nSPS) is 12.9. The van der Waals surface area contributed by atoms with Crippen molar-refractivity contribution in [3.63, 3.8) is 0 Å². The summed E-state index contributed by atoms with van der Waals surface area (Å²) in [7, 11) is -10.9. The summed E-state index contributed by atoms with van der Waals surface area (Å²) in [6.07, 6.45) is 0. The molecule has 0 fully saturated rings. The standard InChI is InChI=1S/C14H10N2O12S2.2Na/c15-5-1-3(9(19)13(11(5)21)29(23,24)25)8(18)2-4(7(1)17)10(20)14(30(26,27)28)12(22)6(2)16;;/h19-22H,15-16H2,(H,23,24,25)(H,26,27,28);;/q;2*+1/p-2. The van der Waals surface area contributed by atoms with E-state index in [-0.39, 0.29) is 59.1 Å². The van der Waals surface area contributed by atoms with Crippen LogP contribution in [0.25, 0.3) is 0 Å². The molecule has 32 heavy (non-hydrogen) atoms. The molecule has 1 aliphatic rings. The fourth-order valence-electron chi connectivity index (χ4n) is 3.05. The van der Waals surface area contributed by atoms with Gasteiger partial charge in [-0.1, -0.05) is 11.5 Å². The molecule has 0 saturated carbocycles. The molecule has 2 aromatic carbocycles. The smallest absolute Gasteiger partial charge is 0.871 e. The summed E-state index contributed by atoms with van der Waals surface area (Å²) in [6, 6.07) is 0. The minimum atomic E-state index is -5.45. The Labute approximate surface area is 222 Å². The van der Waals surface area contributed by atoms with E-state index in [1.807, 2.05) is 0 Å². The number of nitrogen functional groups attached to an aromatic ring is 2. The second kappa shape index (κ2) is 8.64. The van der Waals surface area contributed by atoms with E-state index in [0.29, 0.717) is 0 Å². The van der Waals surface area contributed by atoms with Crippen molar-refractivity contribution < 1.29 is 115 Å². The topological polar surface area (TPSA) is 281 Å². The third kappa shape index (κ3) is 3.85. The molecule has 8 N–H and O–H groups in total. The maximum Gasteiger partial charge on any atom is 1.00 e. The van der Waals surface area contributed by atoms with Gasteiger partial charge in [-0.25, -0.2) is 0 Å². The summed E-state index contributed by atoms with van der Waals surface area (Å²) in [5, 5.41) is 44.7. The zero-order chi connectivity index (χ0) is 23.1. The van der Waals surface area contributed by atoms with Crippen LogP contribution in [-0.2, 0) is 20.2 Å². The number of carbonyl (C=O) groups excluding carboxylic acids is 2. The van der Waals surface area contributed by atoms with Gasteiger partial charge in [0.05, 0.1) is 22.5 Å². The first-order chi connectivity index (χ1) is 13.5. The number of nitrogens with two attached hydrogens (primary N) is 2. The van der Waals surface area contributed by atoms with E-state index < -0.39 is 98.2 Å². The van der Waals surface area contributed by atoms with E-state index >= 15 is 0 Å². The van der Waals surface area contributed by atoms with Gasteiger partial charge >= 0.3 is 59.1 Å². The first kappa shape index (κ1) is 28.4. The summed E-state index contributed by atoms with van der Waals surface area (Å²) in [5.41, 5.74) is 3.55. The molecule has 0 atom stereocenters. The second-order valence-corrected chi connectivity index (χ2v) is 8.67. The Balaban J connectivity index is 0.00000256. The third-order valence-electron chi connectivity index (χ3n) is 4.27. The molecular formula is C14H8N2Na2O12S2. The van der Waals surface area contributed by atoms with Gasteiger partial charge in [0.1, 0.15) is 9.79 Å². The molecule has 3 rings (SSSR count). The Morgan fingerprint density at radius 3 is 1.09 bits per heavy atom. The van der Waals surface area contributed by atoms with Gasteiger partial charge in [-0.2, -0.15) is 16.8 Å². The van der Waals surface area contributed by atoms with Crippen molar-refractivity contribution in [2.45, 2.75) is 9.79 Å². The van der Waals surface area contributed by atoms with E-state index in [1.54, 1.807) is 0 Å². The Bertz CT molecular complexity index is 1330. The maximum absolute atomic E-state index is 12.8. The number of anilines is 2. The van der Waals surface area contributed by atoms with E-state index in [9.17, 15) is 46.9 Å². The summed E-state index contributed by atoms with van der Waals surface area (Å²) < 4.78 is 63.9. The summed E-state index contributed by atoms with van der Waals surface area (Å²) >= 11 is 0. The molecule has 0 aromatic heterocycles. The van der Waals surface area contributed by atoms with E-state index in [4.69, 9.17) is 20.6 Å². The minimum Gasteiger partial charge on any atom is -0.871 e. The van der Waals surface area contributed by atoms with Gasteiger partial charge in [0.25, 0.3) is 20.2 Å². The van der Waals surface area contributed by atoms with Gasteiger partial charge in [-0.15, -0.1) is 0 Å². The minimum absolute atomic E-state index is 0. The van der Waals surface area contributed by atoms with Crippen LogP contribution in [0.15, 0.2) is 9.79 Å². The number of fused-ring (bicyclic) bond motifs is 2. The molecule has 160 valence electrons. The van der Waals surface area contributed by atoms with E-state index in [2.05, 4.69) is 0 Å². The zero-order valence-corrected chi connectivity index (χ0v) is 21.7. The zero-order valence-electron chi connectivity index (χ0n) is 16.0. The quantitative estimate of drug-likeness (QED) is 0.0815. The van der Waals surface area contributed by atoms with Crippen molar-refractivity contribution in [1.29, 1.82) is 0 Å². The van der Waals surface area contributed by atoms with Crippen molar-refractivity contribution in [3.05, 3.63) is 22.3 Å². The number of phenols is 2. The van der Waals surface area contributed by atoms with Gasteiger partial charge in [0, 0.05) is 11.1 Å². The Kier molecular flexibility index (Phi) is 7.67. The maximum atomic E-state index is 12.8. The average Bonchev–Trinajstić information content (AvgIpc) is 2.56. The van der Waals surface area contributed by atoms with Gasteiger partial charge < -0.3 is 31.9 Å². The van der Waals surface area contributed by atoms with Crippen molar-refractivity contribution in [2.24, 2.45) is 0 Å². The number of hydrogen-bond acceptors (Lipinski definition) is 12. The molecule has 0 bridgehead atoms. The van der Waals surface area contributed by atoms with Crippen LogP contribution in [0.3, 0.4) is 0 Å². The predicted molar refractivity (Wildman–Crippen MR) is 90.4 cm³/mol. The van der Waals surface area contributed by atoms with Crippen LogP contribution in [0.5, 0.6) is 23.0 Å². The third-order valence-corrected chi connectivity index (χ3v) is 6.06. The molecule has 0 spiro atoms. The first-order valence-electron chi connectivity index (χ1n) is 7.28. The van der Waals surface area contributed by atoms with Crippen LogP contribution >= 0.6 is 0 Å². The molecule has 0 heterocycles. The van der Waals surface area contributed by atoms with Gasteiger partial charge in [-0.3, -0.25) is 18.7 Å². The molecule has 18 heteroatoms. The molecule has 2 aromatic rings. The van der Waals surface area contributed by atoms with Crippen molar-refractivity contribution in [3.8, 4) is 23.0 Å². The summed E-state index contributed by atoms with van der Waals surface area (Å²) in [4.78, 5) is 22.1. The van der Waals surface area contributed by atoms with Crippen molar-refractivity contribution >= 4 is 43.2 Å². The molecule has 14 nitrogen and oxygen atoms in total. The fourth-order valence-corrected chi connectivity index (χ4v) is 4.43. The second-order valence-electron chi connectivity index (χ2n) is 5.95. The number of rotatable bonds is 2. The summed E-state index contributed by atoms with van der Waals surface area (Å²) in [5.74, 6) is -10.2. The van der Waals surface area contributed by atoms with E-state index in [1.165, 1.54) is 0 Å². The average molecular weight is 506 g/mol. The molecule has 0 saturated heterocycles. The van der Waals surface area contributed by atoms with Crippen LogP contribution < -0.4 is 80.8 Å². The van der Waals surface area contributed by atoms with Crippen LogP contribution in [0.1, 0.15) is 31.8 Å². The summed E-state index contributed by atoms with van der Waals surface area (Å²) in [6.45, 7) is 0. The number of benzene rings is 2. The Hall–Kier alpha value is -1.60. The first-order valence-corrected chi connectivity index (χ1v) is 10.2. The number of hydrogen-bond donors (Lipinski definition) is 6. The van der Waals surface area contributed by atoms with E-state index in [0.717, 1.165) is 0 Å². The Morgan fingerprint density at radius 2 is 0.875 bits per heavy atom. The molecule has 0 amide bonds. The molecular weight excluding hydrogens is 498 g/mol. The number of ketones is 2. The monoisotopic (exact) mass is 506 g/mol. The van der Waals surface area contributed by atoms with Gasteiger partial charge in [0.2, 0.25) is 0 Å². The van der Waals surface area contributed by atoms with Crippen LogP contribution in [0.4, 0.5) is 11.4 Å². The van der Waals surface area contributed by atoms with Gasteiger partial charge in [-0.05, 0) is 0 Å². The SMILES string of the molecule is Nc1c(O)c(S(=O)(=O)O)c([O-])c2c1C(=O)c1c([O-])c(S(=O)(=O)O)c(O)c(N)c1C2=O.[Na+].[Na+]. The van der Waals surface area contributed by atoms with Crippen LogP contribution in [-0.4, -0.2) is 47.7 Å². The fraction of sp³-hybridized carbons (Fsp3) is 0. The molecule has 1 aliphatic carbocycles. The largest absolute Gasteiger partial charge is 1.00 e. The molecule has 0 aliphatic heterocycles. The van der Waals surface area contributed by atoms with Crippen molar-refractivity contribution in [1.82, 2.24) is 0 Å². The molecule has 0 unspecified atom stereocenters. The molecule has 0 radical (unpaired) electrons. The van der Waals surface area contributed by atoms with Crippen molar-refractivity contribution in [2.75, 3.05) is 11.5 Å². The predicted octanol–water partition coefficient (Wildman–Crippen LogP) is -8.31. The number of aromatic hydroxyl groups is 2. The Morgan fingerprint density at radius 1 is 0.625 bits per heavy atom.